The molecular weight excluding hydrogens is 474 g/mol. The Kier molecular flexibility index (Phi) is 7.43. The maximum atomic E-state index is 12.4. The lowest BCUT2D eigenvalue weighted by atomic mass is 9.98. The highest BCUT2D eigenvalue weighted by Gasteiger charge is 2.53. The van der Waals surface area contributed by atoms with Gasteiger partial charge in [-0.1, -0.05) is 81.4 Å². The smallest absolute Gasteiger partial charge is 0.330 e. The topological polar surface area (TPSA) is 97.9 Å². The molecule has 1 aliphatic rings. The van der Waals surface area contributed by atoms with Crippen molar-refractivity contribution in [2.24, 2.45) is 5.92 Å². The molecule has 1 aliphatic heterocycles. The van der Waals surface area contributed by atoms with Crippen LogP contribution in [0.5, 0.6) is 0 Å². The van der Waals surface area contributed by atoms with E-state index in [9.17, 15) is 14.7 Å². The fourth-order valence-corrected chi connectivity index (χ4v) is 9.68. The lowest BCUT2D eigenvalue weighted by Crippen LogP contribution is -2.67. The summed E-state index contributed by atoms with van der Waals surface area (Å²) < 4.78 is 14.3. The summed E-state index contributed by atoms with van der Waals surface area (Å²) in [5, 5.41) is 13.0. The molecule has 1 unspecified atom stereocenters. The van der Waals surface area contributed by atoms with Gasteiger partial charge in [0.15, 0.2) is 6.23 Å². The third kappa shape index (κ3) is 4.73. The molecule has 9 heteroatoms. The summed E-state index contributed by atoms with van der Waals surface area (Å²) in [5.74, 6) is -0.565. The van der Waals surface area contributed by atoms with Crippen molar-refractivity contribution in [1.29, 1.82) is 0 Å². The SMILES string of the molecule is [C-]#[N+]C[C@@H]1[C@@H](CO[Si](c2ccccc2)(c2ccccc2)C(C)(C)C)OC(n2ccc(=O)[nH]c2=O)[C@@H]1O. The van der Waals surface area contributed by atoms with E-state index in [-0.39, 0.29) is 18.2 Å². The third-order valence-electron chi connectivity index (χ3n) is 6.83. The van der Waals surface area contributed by atoms with Gasteiger partial charge in [0.05, 0.1) is 18.6 Å². The summed E-state index contributed by atoms with van der Waals surface area (Å²) in [6.45, 7) is 14.1. The summed E-state index contributed by atoms with van der Waals surface area (Å²) in [6.07, 6.45) is -1.47. The van der Waals surface area contributed by atoms with Crippen molar-refractivity contribution in [3.8, 4) is 0 Å². The molecule has 0 amide bonds. The van der Waals surface area contributed by atoms with Crippen LogP contribution in [0.3, 0.4) is 0 Å². The molecule has 0 aliphatic carbocycles. The highest BCUT2D eigenvalue weighted by atomic mass is 28.4. The normalized spacial score (nSPS) is 22.3. The van der Waals surface area contributed by atoms with Crippen LogP contribution in [-0.2, 0) is 9.16 Å². The highest BCUT2D eigenvalue weighted by molar-refractivity contribution is 6.99. The second-order valence-electron chi connectivity index (χ2n) is 10.1. The molecule has 0 radical (unpaired) electrons. The molecule has 2 heterocycles. The van der Waals surface area contributed by atoms with Crippen LogP contribution >= 0.6 is 0 Å². The van der Waals surface area contributed by atoms with Gasteiger partial charge in [-0.2, -0.15) is 0 Å². The number of rotatable bonds is 7. The Morgan fingerprint density at radius 1 is 1.06 bits per heavy atom. The number of aromatic amines is 1. The Labute approximate surface area is 211 Å². The summed E-state index contributed by atoms with van der Waals surface area (Å²) >= 11 is 0. The number of nitrogens with one attached hydrogen (secondary N) is 1. The number of hydrogen-bond donors (Lipinski definition) is 2. The zero-order valence-electron chi connectivity index (χ0n) is 20.6. The average Bonchev–Trinajstić information content (AvgIpc) is 3.15. The number of nitrogens with zero attached hydrogens (tertiary/aromatic N) is 2. The van der Waals surface area contributed by atoms with Crippen LogP contribution in [0.15, 0.2) is 82.5 Å². The van der Waals surface area contributed by atoms with Gasteiger partial charge in [-0.3, -0.25) is 14.3 Å². The first kappa shape index (κ1) is 25.8. The highest BCUT2D eigenvalue weighted by Crippen LogP contribution is 2.39. The average molecular weight is 506 g/mol. The first-order chi connectivity index (χ1) is 17.2. The predicted molar refractivity (Wildman–Crippen MR) is 140 cm³/mol. The van der Waals surface area contributed by atoms with Crippen LogP contribution in [0.25, 0.3) is 4.85 Å². The molecule has 1 fully saturated rings. The summed E-state index contributed by atoms with van der Waals surface area (Å²) in [6, 6.07) is 21.5. The number of aliphatic hydroxyl groups is 1. The lowest BCUT2D eigenvalue weighted by molar-refractivity contribution is -0.0515. The van der Waals surface area contributed by atoms with Crippen LogP contribution in [-0.4, -0.2) is 48.3 Å². The van der Waals surface area contributed by atoms with Crippen LogP contribution < -0.4 is 21.6 Å². The fraction of sp³-hybridized carbons (Fsp3) is 0.370. The minimum absolute atomic E-state index is 0.0184. The minimum atomic E-state index is -2.87. The molecule has 4 atom stereocenters. The van der Waals surface area contributed by atoms with E-state index in [0.29, 0.717) is 0 Å². The van der Waals surface area contributed by atoms with Crippen molar-refractivity contribution in [2.45, 2.75) is 44.2 Å². The van der Waals surface area contributed by atoms with Crippen LogP contribution in [0.1, 0.15) is 27.0 Å². The Morgan fingerprint density at radius 3 is 2.14 bits per heavy atom. The maximum Gasteiger partial charge on any atom is 0.330 e. The van der Waals surface area contributed by atoms with Crippen molar-refractivity contribution >= 4 is 18.7 Å². The minimum Gasteiger partial charge on any atom is -0.405 e. The van der Waals surface area contributed by atoms with Crippen LogP contribution in [0.2, 0.25) is 5.04 Å². The van der Waals surface area contributed by atoms with E-state index in [1.807, 2.05) is 36.4 Å². The zero-order chi connectivity index (χ0) is 25.9. The Hall–Kier alpha value is -3.29. The van der Waals surface area contributed by atoms with Gasteiger partial charge < -0.3 is 19.1 Å². The molecular formula is C27H31N3O5Si. The summed E-state index contributed by atoms with van der Waals surface area (Å²) in [7, 11) is -2.87. The van der Waals surface area contributed by atoms with Gasteiger partial charge >= 0.3 is 5.69 Å². The van der Waals surface area contributed by atoms with Gasteiger partial charge in [-0.15, -0.1) is 0 Å². The molecule has 36 heavy (non-hydrogen) atoms. The predicted octanol–water partition coefficient (Wildman–Crippen LogP) is 1.91. The van der Waals surface area contributed by atoms with Crippen LogP contribution in [0.4, 0.5) is 0 Å². The van der Waals surface area contributed by atoms with Crippen molar-refractivity contribution < 1.29 is 14.3 Å². The third-order valence-corrected chi connectivity index (χ3v) is 11.8. The van der Waals surface area contributed by atoms with E-state index >= 15 is 0 Å². The van der Waals surface area contributed by atoms with Gasteiger partial charge in [0.25, 0.3) is 13.9 Å². The number of hydrogen-bond acceptors (Lipinski definition) is 5. The number of aromatic nitrogens is 2. The largest absolute Gasteiger partial charge is 0.405 e. The molecule has 2 aromatic carbocycles. The van der Waals surface area contributed by atoms with E-state index in [2.05, 4.69) is 54.9 Å². The van der Waals surface area contributed by atoms with Crippen molar-refractivity contribution in [1.82, 2.24) is 9.55 Å². The van der Waals surface area contributed by atoms with Gasteiger partial charge in [0, 0.05) is 12.3 Å². The number of H-pyrrole nitrogens is 1. The first-order valence-corrected chi connectivity index (χ1v) is 13.8. The van der Waals surface area contributed by atoms with E-state index in [4.69, 9.17) is 15.7 Å². The molecule has 4 rings (SSSR count). The molecule has 8 nitrogen and oxygen atoms in total. The molecule has 2 N–H and O–H groups in total. The fourth-order valence-electron chi connectivity index (χ4n) is 5.11. The van der Waals surface area contributed by atoms with Crippen LogP contribution in [0, 0.1) is 12.5 Å². The van der Waals surface area contributed by atoms with Gasteiger partial charge in [0.1, 0.15) is 6.10 Å². The lowest BCUT2D eigenvalue weighted by Gasteiger charge is -2.43. The molecule has 1 saturated heterocycles. The van der Waals surface area contributed by atoms with E-state index in [0.717, 1.165) is 14.9 Å². The zero-order valence-corrected chi connectivity index (χ0v) is 21.6. The molecule has 3 aromatic rings. The molecule has 188 valence electrons. The van der Waals surface area contributed by atoms with E-state index in [1.165, 1.54) is 12.3 Å². The Balaban J connectivity index is 1.72. The monoisotopic (exact) mass is 505 g/mol. The summed E-state index contributed by atoms with van der Waals surface area (Å²) in [5.41, 5.74) is -1.21. The number of ether oxygens (including phenoxy) is 1. The molecule has 0 bridgehead atoms. The number of aliphatic hydroxyl groups excluding tert-OH is 1. The van der Waals surface area contributed by atoms with E-state index < -0.39 is 43.9 Å². The molecule has 0 saturated carbocycles. The van der Waals surface area contributed by atoms with E-state index in [1.54, 1.807) is 0 Å². The van der Waals surface area contributed by atoms with Crippen molar-refractivity contribution in [2.75, 3.05) is 13.2 Å². The first-order valence-electron chi connectivity index (χ1n) is 11.9. The Bertz CT molecular complexity index is 1290. The quantitative estimate of drug-likeness (QED) is 0.378. The van der Waals surface area contributed by atoms with Crippen molar-refractivity contribution in [3.05, 3.63) is 105 Å². The second-order valence-corrected chi connectivity index (χ2v) is 14.4. The standard InChI is InChI=1S/C27H31N3O5Si/c1-27(2,3)36(19-11-7-5-8-12-19,20-13-9-6-10-14-20)34-18-22-21(17-28-4)24(32)25(35-22)30-16-15-23(31)29-26(30)33/h5-16,21-22,24-25,32H,17-18H2,1-3H3,(H,29,31,33)/t21-,22-,24-,25?/m1/s1. The maximum absolute atomic E-state index is 12.4. The van der Waals surface area contributed by atoms with Gasteiger partial charge in [-0.05, 0) is 15.4 Å². The molecule has 1 aromatic heterocycles. The Morgan fingerprint density at radius 2 is 1.64 bits per heavy atom. The van der Waals surface area contributed by atoms with Gasteiger partial charge in [-0.25, -0.2) is 11.4 Å². The van der Waals surface area contributed by atoms with Crippen molar-refractivity contribution in [3.63, 3.8) is 0 Å². The second kappa shape index (κ2) is 10.4. The molecule has 0 spiro atoms. The van der Waals surface area contributed by atoms with Gasteiger partial charge in [0.2, 0.25) is 6.54 Å². The number of benzene rings is 2. The summed E-state index contributed by atoms with van der Waals surface area (Å²) in [4.78, 5) is 29.6.